The first-order valence-electron chi connectivity index (χ1n) is 8.30. The van der Waals surface area contributed by atoms with Crippen LogP contribution in [0.1, 0.15) is 23.2 Å². The first-order chi connectivity index (χ1) is 12.3. The monoisotopic (exact) mass is 336 g/mol. The van der Waals surface area contributed by atoms with E-state index in [1.807, 2.05) is 24.3 Å². The molecule has 2 aliphatic rings. The molecule has 1 fully saturated rings. The zero-order valence-electron chi connectivity index (χ0n) is 13.4. The largest absolute Gasteiger partial charge is 0.454 e. The summed E-state index contributed by atoms with van der Waals surface area (Å²) in [6, 6.07) is 7.59. The molecular formula is C18H16N4O3. The fourth-order valence-corrected chi connectivity index (χ4v) is 2.98. The van der Waals surface area contributed by atoms with E-state index in [-0.39, 0.29) is 12.7 Å². The maximum Gasteiger partial charge on any atom is 0.256 e. The SMILES string of the molecule is O=C(NCC1CC1)c1cnn2c(-c3ccc4c(c3)OCO4)ccnc12. The minimum atomic E-state index is -0.128. The predicted molar refractivity (Wildman–Crippen MR) is 89.6 cm³/mol. The maximum atomic E-state index is 12.4. The van der Waals surface area contributed by atoms with E-state index in [4.69, 9.17) is 9.47 Å². The van der Waals surface area contributed by atoms with Crippen LogP contribution in [0.2, 0.25) is 0 Å². The third kappa shape index (κ3) is 2.48. The molecule has 0 saturated heterocycles. The molecule has 0 bridgehead atoms. The number of carbonyl (C=O) groups is 1. The molecule has 126 valence electrons. The molecule has 1 aliphatic heterocycles. The van der Waals surface area contributed by atoms with Crippen molar-refractivity contribution in [3.63, 3.8) is 0 Å². The van der Waals surface area contributed by atoms with Gasteiger partial charge in [0.2, 0.25) is 6.79 Å². The summed E-state index contributed by atoms with van der Waals surface area (Å²) >= 11 is 0. The van der Waals surface area contributed by atoms with Crippen molar-refractivity contribution in [3.05, 3.63) is 42.2 Å². The van der Waals surface area contributed by atoms with Gasteiger partial charge in [0.25, 0.3) is 5.91 Å². The molecular weight excluding hydrogens is 320 g/mol. The molecule has 1 N–H and O–H groups in total. The molecule has 1 saturated carbocycles. The zero-order valence-corrected chi connectivity index (χ0v) is 13.4. The Labute approximate surface area is 143 Å². The number of benzene rings is 1. The number of aromatic nitrogens is 3. The highest BCUT2D eigenvalue weighted by Gasteiger charge is 2.23. The molecule has 2 aromatic heterocycles. The lowest BCUT2D eigenvalue weighted by atomic mass is 10.1. The molecule has 1 aromatic carbocycles. The number of rotatable bonds is 4. The van der Waals surface area contributed by atoms with Crippen molar-refractivity contribution in [2.75, 3.05) is 13.3 Å². The number of carbonyl (C=O) groups excluding carboxylic acids is 1. The van der Waals surface area contributed by atoms with Crippen LogP contribution in [-0.2, 0) is 0 Å². The molecule has 25 heavy (non-hydrogen) atoms. The van der Waals surface area contributed by atoms with Gasteiger partial charge in [-0.3, -0.25) is 4.79 Å². The van der Waals surface area contributed by atoms with Crippen LogP contribution in [0.4, 0.5) is 0 Å². The molecule has 1 aliphatic carbocycles. The Morgan fingerprint density at radius 3 is 3.00 bits per heavy atom. The summed E-state index contributed by atoms with van der Waals surface area (Å²) in [5.74, 6) is 1.94. The number of amides is 1. The molecule has 3 heterocycles. The lowest BCUT2D eigenvalue weighted by molar-refractivity contribution is 0.0953. The van der Waals surface area contributed by atoms with Crippen LogP contribution in [0.25, 0.3) is 16.9 Å². The summed E-state index contributed by atoms with van der Waals surface area (Å²) in [5.41, 5.74) is 2.79. The van der Waals surface area contributed by atoms with Crippen LogP contribution in [-0.4, -0.2) is 33.8 Å². The number of nitrogens with zero attached hydrogens (tertiary/aromatic N) is 3. The van der Waals surface area contributed by atoms with Crippen LogP contribution in [0.15, 0.2) is 36.7 Å². The van der Waals surface area contributed by atoms with E-state index in [2.05, 4.69) is 15.4 Å². The number of ether oxygens (including phenoxy) is 2. The first kappa shape index (κ1) is 14.3. The van der Waals surface area contributed by atoms with Gasteiger partial charge in [-0.25, -0.2) is 9.50 Å². The van der Waals surface area contributed by atoms with E-state index in [1.165, 1.54) is 12.8 Å². The summed E-state index contributed by atoms with van der Waals surface area (Å²) < 4.78 is 12.5. The van der Waals surface area contributed by atoms with Crippen LogP contribution in [0.3, 0.4) is 0 Å². The van der Waals surface area contributed by atoms with Crippen molar-refractivity contribution < 1.29 is 14.3 Å². The van der Waals surface area contributed by atoms with Crippen molar-refractivity contribution in [2.24, 2.45) is 5.92 Å². The molecule has 3 aromatic rings. The third-order valence-corrected chi connectivity index (χ3v) is 4.56. The van der Waals surface area contributed by atoms with Gasteiger partial charge in [0.1, 0.15) is 5.56 Å². The smallest absolute Gasteiger partial charge is 0.256 e. The fourth-order valence-electron chi connectivity index (χ4n) is 2.98. The minimum Gasteiger partial charge on any atom is -0.454 e. The van der Waals surface area contributed by atoms with Gasteiger partial charge < -0.3 is 14.8 Å². The van der Waals surface area contributed by atoms with E-state index >= 15 is 0 Å². The molecule has 0 spiro atoms. The molecule has 1 amide bonds. The lowest BCUT2D eigenvalue weighted by Crippen LogP contribution is -2.25. The van der Waals surface area contributed by atoms with Gasteiger partial charge in [0, 0.05) is 18.3 Å². The normalized spacial score (nSPS) is 15.5. The molecule has 7 nitrogen and oxygen atoms in total. The molecule has 0 atom stereocenters. The predicted octanol–water partition coefficient (Wildman–Crippen LogP) is 2.26. The molecule has 0 radical (unpaired) electrons. The second kappa shape index (κ2) is 5.47. The summed E-state index contributed by atoms with van der Waals surface area (Å²) in [6.07, 6.45) is 5.65. The zero-order chi connectivity index (χ0) is 16.8. The maximum absolute atomic E-state index is 12.4. The number of hydrogen-bond acceptors (Lipinski definition) is 5. The Morgan fingerprint density at radius 2 is 2.12 bits per heavy atom. The first-order valence-corrected chi connectivity index (χ1v) is 8.30. The second-order valence-electron chi connectivity index (χ2n) is 6.35. The van der Waals surface area contributed by atoms with Crippen LogP contribution < -0.4 is 14.8 Å². The number of fused-ring (bicyclic) bond motifs is 2. The van der Waals surface area contributed by atoms with Gasteiger partial charge in [-0.15, -0.1) is 0 Å². The van der Waals surface area contributed by atoms with Gasteiger partial charge in [-0.2, -0.15) is 5.10 Å². The summed E-state index contributed by atoms with van der Waals surface area (Å²) in [4.78, 5) is 16.8. The quantitative estimate of drug-likeness (QED) is 0.791. The highest BCUT2D eigenvalue weighted by molar-refractivity contribution is 5.99. The minimum absolute atomic E-state index is 0.128. The third-order valence-electron chi connectivity index (χ3n) is 4.56. The number of hydrogen-bond donors (Lipinski definition) is 1. The summed E-state index contributed by atoms with van der Waals surface area (Å²) in [6.45, 7) is 0.954. The van der Waals surface area contributed by atoms with Crippen molar-refractivity contribution >= 4 is 11.6 Å². The molecule has 0 unspecified atom stereocenters. The van der Waals surface area contributed by atoms with E-state index in [0.717, 1.165) is 23.6 Å². The van der Waals surface area contributed by atoms with E-state index < -0.39 is 0 Å². The fraction of sp³-hybridized carbons (Fsp3) is 0.278. The highest BCUT2D eigenvalue weighted by Crippen LogP contribution is 2.36. The van der Waals surface area contributed by atoms with Gasteiger partial charge in [0.05, 0.1) is 11.9 Å². The van der Waals surface area contributed by atoms with Crippen molar-refractivity contribution in [2.45, 2.75) is 12.8 Å². The highest BCUT2D eigenvalue weighted by atomic mass is 16.7. The topological polar surface area (TPSA) is 77.8 Å². The van der Waals surface area contributed by atoms with Crippen molar-refractivity contribution in [3.8, 4) is 22.8 Å². The van der Waals surface area contributed by atoms with Crippen molar-refractivity contribution in [1.29, 1.82) is 0 Å². The van der Waals surface area contributed by atoms with Crippen molar-refractivity contribution in [1.82, 2.24) is 19.9 Å². The second-order valence-corrected chi connectivity index (χ2v) is 6.35. The number of nitrogens with one attached hydrogen (secondary N) is 1. The van der Waals surface area contributed by atoms with E-state index in [1.54, 1.807) is 16.9 Å². The van der Waals surface area contributed by atoms with E-state index in [0.29, 0.717) is 22.9 Å². The summed E-state index contributed by atoms with van der Waals surface area (Å²) in [5, 5.41) is 7.34. The average Bonchev–Trinajstić information content (AvgIpc) is 3.17. The lowest BCUT2D eigenvalue weighted by Gasteiger charge is -2.06. The van der Waals surface area contributed by atoms with Gasteiger partial charge >= 0.3 is 0 Å². The van der Waals surface area contributed by atoms with Crippen LogP contribution in [0, 0.1) is 5.92 Å². The van der Waals surface area contributed by atoms with Crippen LogP contribution in [0.5, 0.6) is 11.5 Å². The van der Waals surface area contributed by atoms with Crippen LogP contribution >= 0.6 is 0 Å². The Balaban J connectivity index is 1.52. The summed E-state index contributed by atoms with van der Waals surface area (Å²) in [7, 11) is 0. The standard InChI is InChI=1S/C18H16N4O3/c23-18(20-8-11-1-2-11)13-9-21-22-14(5-6-19-17(13)22)12-3-4-15-16(7-12)25-10-24-15/h3-7,9,11H,1-2,8,10H2,(H,20,23). The van der Waals surface area contributed by atoms with Gasteiger partial charge in [0.15, 0.2) is 17.1 Å². The average molecular weight is 336 g/mol. The van der Waals surface area contributed by atoms with E-state index in [9.17, 15) is 4.79 Å². The van der Waals surface area contributed by atoms with Gasteiger partial charge in [-0.1, -0.05) is 0 Å². The Kier molecular flexibility index (Phi) is 3.12. The molecule has 7 heteroatoms. The molecule has 5 rings (SSSR count). The Bertz CT molecular complexity index is 978. The van der Waals surface area contributed by atoms with Gasteiger partial charge in [-0.05, 0) is 43.0 Å². The Hall–Kier alpha value is -3.09. The Morgan fingerprint density at radius 1 is 1.24 bits per heavy atom.